The number of H-pyrrole nitrogens is 1. The zero-order chi connectivity index (χ0) is 13.7. The molecule has 0 bridgehead atoms. The van der Waals surface area contributed by atoms with E-state index in [1.807, 2.05) is 6.92 Å². The molecule has 0 saturated heterocycles. The summed E-state index contributed by atoms with van der Waals surface area (Å²) in [6.45, 7) is 2.56. The highest BCUT2D eigenvalue weighted by atomic mass is 16.2. The van der Waals surface area contributed by atoms with E-state index in [0.29, 0.717) is 17.7 Å². The molecular weight excluding hydrogens is 242 g/mol. The third kappa shape index (κ3) is 2.88. The van der Waals surface area contributed by atoms with E-state index in [2.05, 4.69) is 15.3 Å². The number of aromatic nitrogens is 2. The Bertz CT molecular complexity index is 576. The zero-order valence-electron chi connectivity index (χ0n) is 10.6. The van der Waals surface area contributed by atoms with Gasteiger partial charge in [0.25, 0.3) is 5.91 Å². The molecule has 1 amide bonds. The van der Waals surface area contributed by atoms with Crippen LogP contribution in [0.5, 0.6) is 0 Å². The predicted molar refractivity (Wildman–Crippen MR) is 71.1 cm³/mol. The van der Waals surface area contributed by atoms with Crippen LogP contribution in [0.15, 0.2) is 36.7 Å². The molecule has 0 aliphatic heterocycles. The molecule has 2 rings (SSSR count). The molecule has 0 radical (unpaired) electrons. The van der Waals surface area contributed by atoms with Gasteiger partial charge in [-0.3, -0.25) is 9.59 Å². The fourth-order valence-corrected chi connectivity index (χ4v) is 1.73. The van der Waals surface area contributed by atoms with Crippen molar-refractivity contribution in [2.45, 2.75) is 13.3 Å². The summed E-state index contributed by atoms with van der Waals surface area (Å²) >= 11 is 0. The smallest absolute Gasteiger partial charge is 0.252 e. The third-order valence-corrected chi connectivity index (χ3v) is 2.67. The van der Waals surface area contributed by atoms with E-state index < -0.39 is 0 Å². The van der Waals surface area contributed by atoms with E-state index in [-0.39, 0.29) is 17.5 Å². The van der Waals surface area contributed by atoms with Gasteiger partial charge in [0.15, 0.2) is 5.82 Å². The first-order valence-electron chi connectivity index (χ1n) is 6.15. The van der Waals surface area contributed by atoms with Gasteiger partial charge < -0.3 is 10.3 Å². The zero-order valence-corrected chi connectivity index (χ0v) is 10.6. The number of aromatic amines is 1. The average Bonchev–Trinajstić information content (AvgIpc) is 2.98. The third-order valence-electron chi connectivity index (χ3n) is 2.67. The van der Waals surface area contributed by atoms with Crippen molar-refractivity contribution in [3.8, 4) is 0 Å². The number of ketones is 1. The van der Waals surface area contributed by atoms with Crippen LogP contribution in [0.25, 0.3) is 0 Å². The lowest BCUT2D eigenvalue weighted by molar-refractivity contribution is 0.0941. The van der Waals surface area contributed by atoms with Crippen LogP contribution in [0.4, 0.5) is 0 Å². The summed E-state index contributed by atoms with van der Waals surface area (Å²) in [5.74, 6) is -0.291. The van der Waals surface area contributed by atoms with Crippen LogP contribution in [0, 0.1) is 0 Å². The summed E-state index contributed by atoms with van der Waals surface area (Å²) < 4.78 is 0. The van der Waals surface area contributed by atoms with Crippen molar-refractivity contribution in [2.75, 3.05) is 6.54 Å². The monoisotopic (exact) mass is 257 g/mol. The van der Waals surface area contributed by atoms with E-state index in [1.54, 1.807) is 30.5 Å². The number of rotatable bonds is 5. The fourth-order valence-electron chi connectivity index (χ4n) is 1.73. The topological polar surface area (TPSA) is 74.8 Å². The molecule has 5 heteroatoms. The van der Waals surface area contributed by atoms with Crippen molar-refractivity contribution < 1.29 is 9.59 Å². The van der Waals surface area contributed by atoms with Gasteiger partial charge in [-0.25, -0.2) is 4.98 Å². The van der Waals surface area contributed by atoms with Crippen molar-refractivity contribution in [1.29, 1.82) is 0 Å². The lowest BCUT2D eigenvalue weighted by Gasteiger charge is -2.07. The molecule has 1 aromatic heterocycles. The quantitative estimate of drug-likeness (QED) is 0.802. The number of carbonyl (C=O) groups excluding carboxylic acids is 2. The van der Waals surface area contributed by atoms with E-state index in [9.17, 15) is 9.59 Å². The van der Waals surface area contributed by atoms with Crippen molar-refractivity contribution in [1.82, 2.24) is 15.3 Å². The minimum atomic E-state index is -0.285. The molecule has 2 aromatic rings. The lowest BCUT2D eigenvalue weighted by atomic mass is 10.0. The highest BCUT2D eigenvalue weighted by Gasteiger charge is 2.18. The SMILES string of the molecule is CCCNC(=O)c1ccccc1C(=O)c1ncc[nH]1. The number of nitrogens with zero attached hydrogens (tertiary/aromatic N) is 1. The molecule has 1 aromatic carbocycles. The maximum atomic E-state index is 12.2. The summed E-state index contributed by atoms with van der Waals surface area (Å²) in [6.07, 6.45) is 3.93. The van der Waals surface area contributed by atoms with Crippen LogP contribution in [0.2, 0.25) is 0 Å². The van der Waals surface area contributed by atoms with Gasteiger partial charge in [-0.1, -0.05) is 25.1 Å². The van der Waals surface area contributed by atoms with Crippen molar-refractivity contribution in [3.05, 3.63) is 53.6 Å². The van der Waals surface area contributed by atoms with Crippen molar-refractivity contribution in [3.63, 3.8) is 0 Å². The Labute approximate surface area is 111 Å². The Morgan fingerprint density at radius 3 is 2.63 bits per heavy atom. The number of imidazole rings is 1. The van der Waals surface area contributed by atoms with Crippen molar-refractivity contribution >= 4 is 11.7 Å². The number of amides is 1. The molecule has 0 aliphatic rings. The van der Waals surface area contributed by atoms with E-state index in [4.69, 9.17) is 0 Å². The van der Waals surface area contributed by atoms with Gasteiger partial charge in [0.2, 0.25) is 5.78 Å². The second-order valence-electron chi connectivity index (χ2n) is 4.07. The molecule has 19 heavy (non-hydrogen) atoms. The van der Waals surface area contributed by atoms with Crippen LogP contribution in [-0.2, 0) is 0 Å². The second-order valence-corrected chi connectivity index (χ2v) is 4.07. The molecule has 5 nitrogen and oxygen atoms in total. The first kappa shape index (κ1) is 13.0. The molecule has 0 saturated carbocycles. The van der Waals surface area contributed by atoms with E-state index >= 15 is 0 Å². The lowest BCUT2D eigenvalue weighted by Crippen LogP contribution is -2.26. The average molecular weight is 257 g/mol. The van der Waals surface area contributed by atoms with E-state index in [1.165, 1.54) is 6.20 Å². The minimum Gasteiger partial charge on any atom is -0.352 e. The van der Waals surface area contributed by atoms with Gasteiger partial charge in [-0.2, -0.15) is 0 Å². The molecule has 0 spiro atoms. The van der Waals surface area contributed by atoms with Crippen LogP contribution in [0.1, 0.15) is 39.9 Å². The van der Waals surface area contributed by atoms with Crippen LogP contribution < -0.4 is 5.32 Å². The maximum absolute atomic E-state index is 12.2. The molecule has 1 heterocycles. The Morgan fingerprint density at radius 1 is 1.26 bits per heavy atom. The maximum Gasteiger partial charge on any atom is 0.252 e. The predicted octanol–water partition coefficient (Wildman–Crippen LogP) is 1.78. The Balaban J connectivity index is 2.31. The highest BCUT2D eigenvalue weighted by Crippen LogP contribution is 2.12. The minimum absolute atomic E-state index is 0.232. The molecule has 0 unspecified atom stereocenters. The van der Waals surface area contributed by atoms with Gasteiger partial charge in [-0.15, -0.1) is 0 Å². The van der Waals surface area contributed by atoms with Crippen LogP contribution in [0.3, 0.4) is 0 Å². The summed E-state index contributed by atoms with van der Waals surface area (Å²) in [7, 11) is 0. The van der Waals surface area contributed by atoms with Crippen molar-refractivity contribution in [2.24, 2.45) is 0 Å². The Hall–Kier alpha value is -2.43. The summed E-state index contributed by atoms with van der Waals surface area (Å²) in [4.78, 5) is 30.9. The molecule has 98 valence electrons. The van der Waals surface area contributed by atoms with Gasteiger partial charge in [0.1, 0.15) is 0 Å². The fraction of sp³-hybridized carbons (Fsp3) is 0.214. The van der Waals surface area contributed by atoms with Crippen LogP contribution in [-0.4, -0.2) is 28.2 Å². The van der Waals surface area contributed by atoms with Gasteiger partial charge in [-0.05, 0) is 12.5 Å². The summed E-state index contributed by atoms with van der Waals surface area (Å²) in [5.41, 5.74) is 0.725. The summed E-state index contributed by atoms with van der Waals surface area (Å²) in [6, 6.07) is 6.74. The first-order chi connectivity index (χ1) is 9.24. The molecular formula is C14H15N3O2. The molecule has 0 fully saturated rings. The molecule has 2 N–H and O–H groups in total. The van der Waals surface area contributed by atoms with Gasteiger partial charge >= 0.3 is 0 Å². The second kappa shape index (κ2) is 5.95. The standard InChI is InChI=1S/C14H15N3O2/c1-2-7-17-14(19)11-6-4-3-5-10(11)12(18)13-15-8-9-16-13/h3-6,8-9H,2,7H2,1H3,(H,15,16)(H,17,19). The van der Waals surface area contributed by atoms with E-state index in [0.717, 1.165) is 6.42 Å². The first-order valence-corrected chi connectivity index (χ1v) is 6.15. The number of hydrogen-bond acceptors (Lipinski definition) is 3. The Morgan fingerprint density at radius 2 is 2.00 bits per heavy atom. The largest absolute Gasteiger partial charge is 0.352 e. The number of benzene rings is 1. The Kier molecular flexibility index (Phi) is 4.07. The van der Waals surface area contributed by atoms with Crippen LogP contribution >= 0.6 is 0 Å². The van der Waals surface area contributed by atoms with Gasteiger partial charge in [0, 0.05) is 24.5 Å². The number of nitrogens with one attached hydrogen (secondary N) is 2. The summed E-state index contributed by atoms with van der Waals surface area (Å²) in [5, 5.41) is 2.77. The highest BCUT2D eigenvalue weighted by molar-refractivity contribution is 6.13. The molecule has 0 aliphatic carbocycles. The normalized spacial score (nSPS) is 10.2. The van der Waals surface area contributed by atoms with Gasteiger partial charge in [0.05, 0.1) is 5.56 Å². The number of hydrogen-bond donors (Lipinski definition) is 2. The number of carbonyl (C=O) groups is 2. The molecule has 0 atom stereocenters.